The van der Waals surface area contributed by atoms with Gasteiger partial charge in [-0.1, -0.05) is 30.3 Å². The Morgan fingerprint density at radius 1 is 1.08 bits per heavy atom. The van der Waals surface area contributed by atoms with Crippen molar-refractivity contribution in [2.24, 2.45) is 0 Å². The number of benzene rings is 1. The molecule has 3 rings (SSSR count). The van der Waals surface area contributed by atoms with E-state index in [1.54, 1.807) is 0 Å². The van der Waals surface area contributed by atoms with Crippen molar-refractivity contribution in [1.29, 1.82) is 0 Å². The molecule has 1 heterocycles. The number of anilines is 1. The lowest BCUT2D eigenvalue weighted by Crippen LogP contribution is -2.35. The van der Waals surface area contributed by atoms with Crippen molar-refractivity contribution in [3.63, 3.8) is 0 Å². The molecule has 2 aromatic rings. The van der Waals surface area contributed by atoms with Crippen LogP contribution in [0.15, 0.2) is 30.3 Å². The first-order valence-corrected chi connectivity index (χ1v) is 8.37. The Labute approximate surface area is 142 Å². The maximum atomic E-state index is 12.0. The van der Waals surface area contributed by atoms with Gasteiger partial charge in [0.15, 0.2) is 0 Å². The van der Waals surface area contributed by atoms with Crippen LogP contribution in [0.25, 0.3) is 0 Å². The number of nitrogens with one attached hydrogen (secondary N) is 2. The molecule has 0 bridgehead atoms. The number of carboxylic acid groups (broad SMARTS) is 1. The number of hydrogen-bond donors (Lipinski definition) is 2. The van der Waals surface area contributed by atoms with Crippen molar-refractivity contribution in [1.82, 2.24) is 5.32 Å². The van der Waals surface area contributed by atoms with E-state index in [0.717, 1.165) is 28.8 Å². The molecule has 0 spiro atoms. The molecule has 6 nitrogen and oxygen atoms in total. The highest BCUT2D eigenvalue weighted by Gasteiger charge is 2.25. The van der Waals surface area contributed by atoms with Crippen LogP contribution < -0.4 is 15.7 Å². The van der Waals surface area contributed by atoms with E-state index < -0.39 is 17.8 Å². The smallest absolute Gasteiger partial charge is 0.314 e. The molecule has 0 radical (unpaired) electrons. The highest BCUT2D eigenvalue weighted by atomic mass is 32.1. The van der Waals surface area contributed by atoms with Crippen LogP contribution in [0, 0.1) is 0 Å². The van der Waals surface area contributed by atoms with Crippen molar-refractivity contribution in [3.8, 4) is 0 Å². The molecule has 0 atom stereocenters. The molecule has 1 aliphatic carbocycles. The summed E-state index contributed by atoms with van der Waals surface area (Å²) in [4.78, 5) is 36.2. The van der Waals surface area contributed by atoms with Gasteiger partial charge in [-0.15, -0.1) is 11.3 Å². The summed E-state index contributed by atoms with van der Waals surface area (Å²) in [7, 11) is 0. The molecule has 2 amide bonds. The Bertz CT molecular complexity index is 798. The van der Waals surface area contributed by atoms with E-state index in [9.17, 15) is 19.5 Å². The molecular weight excluding hydrogens is 328 g/mol. The first-order valence-electron chi connectivity index (χ1n) is 7.55. The zero-order chi connectivity index (χ0) is 17.1. The molecule has 0 unspecified atom stereocenters. The summed E-state index contributed by atoms with van der Waals surface area (Å²) in [5.74, 6) is -3.01. The molecule has 1 aromatic heterocycles. The highest BCUT2D eigenvalue weighted by molar-refractivity contribution is 7.17. The second-order valence-electron chi connectivity index (χ2n) is 5.47. The molecule has 2 N–H and O–H groups in total. The average Bonchev–Trinajstić information content (AvgIpc) is 3.13. The zero-order valence-corrected chi connectivity index (χ0v) is 13.6. The van der Waals surface area contributed by atoms with Crippen molar-refractivity contribution in [2.75, 3.05) is 5.32 Å². The summed E-state index contributed by atoms with van der Waals surface area (Å²) in [5.41, 5.74) is 1.60. The monoisotopic (exact) mass is 343 g/mol. The SMILES string of the molecule is O=C(NCc1ccccc1)C(=O)Nc1sc2c(c1C(=O)[O-])CCC2. The molecule has 1 aliphatic rings. The van der Waals surface area contributed by atoms with Crippen molar-refractivity contribution >= 4 is 34.1 Å². The van der Waals surface area contributed by atoms with Gasteiger partial charge < -0.3 is 20.5 Å². The molecule has 0 saturated heterocycles. The summed E-state index contributed by atoms with van der Waals surface area (Å²) < 4.78 is 0. The predicted molar refractivity (Wildman–Crippen MR) is 87.6 cm³/mol. The van der Waals surface area contributed by atoms with Crippen LogP contribution in [0.3, 0.4) is 0 Å². The minimum atomic E-state index is -1.32. The van der Waals surface area contributed by atoms with Crippen LogP contribution in [0.1, 0.15) is 32.8 Å². The van der Waals surface area contributed by atoms with Crippen LogP contribution in [-0.4, -0.2) is 17.8 Å². The first kappa shape index (κ1) is 16.2. The minimum Gasteiger partial charge on any atom is -0.545 e. The fourth-order valence-electron chi connectivity index (χ4n) is 2.73. The zero-order valence-electron chi connectivity index (χ0n) is 12.8. The van der Waals surface area contributed by atoms with Crippen molar-refractivity contribution in [3.05, 3.63) is 51.9 Å². The van der Waals surface area contributed by atoms with E-state index in [1.807, 2.05) is 30.3 Å². The highest BCUT2D eigenvalue weighted by Crippen LogP contribution is 2.38. The number of carbonyl (C=O) groups excluding carboxylic acids is 3. The van der Waals surface area contributed by atoms with E-state index in [4.69, 9.17) is 0 Å². The van der Waals surface area contributed by atoms with Gasteiger partial charge in [-0.3, -0.25) is 9.59 Å². The fraction of sp³-hybridized carbons (Fsp3) is 0.235. The number of aromatic carboxylic acids is 1. The summed E-state index contributed by atoms with van der Waals surface area (Å²) in [6.07, 6.45) is 2.34. The molecule has 0 aliphatic heterocycles. The molecule has 0 fully saturated rings. The lowest BCUT2D eigenvalue weighted by atomic mass is 10.1. The lowest BCUT2D eigenvalue weighted by molar-refractivity contribution is -0.254. The van der Waals surface area contributed by atoms with E-state index in [-0.39, 0.29) is 17.1 Å². The summed E-state index contributed by atoms with van der Waals surface area (Å²) in [5, 5.41) is 16.4. The van der Waals surface area contributed by atoms with Gasteiger partial charge >= 0.3 is 11.8 Å². The van der Waals surface area contributed by atoms with Crippen LogP contribution in [0.2, 0.25) is 0 Å². The van der Waals surface area contributed by atoms with Gasteiger partial charge in [-0.2, -0.15) is 0 Å². The average molecular weight is 343 g/mol. The number of thiophene rings is 1. The van der Waals surface area contributed by atoms with Gasteiger partial charge in [0.05, 0.1) is 5.97 Å². The molecular formula is C17H15N2O4S-. The largest absolute Gasteiger partial charge is 0.545 e. The third kappa shape index (κ3) is 3.30. The number of carboxylic acids is 1. The Balaban J connectivity index is 1.66. The standard InChI is InChI=1S/C17H16N2O4S/c20-14(18-9-10-5-2-1-3-6-10)15(21)19-16-13(17(22)23)11-7-4-8-12(11)24-16/h1-3,5-6H,4,7-9H2,(H,18,20)(H,19,21)(H,22,23)/p-1. The summed E-state index contributed by atoms with van der Waals surface area (Å²) >= 11 is 1.20. The number of hydrogen-bond acceptors (Lipinski definition) is 5. The second kappa shape index (κ2) is 6.84. The Hall–Kier alpha value is -2.67. The van der Waals surface area contributed by atoms with Gasteiger partial charge in [0.1, 0.15) is 5.00 Å². The molecule has 24 heavy (non-hydrogen) atoms. The van der Waals surface area contributed by atoms with Gasteiger partial charge in [0, 0.05) is 17.0 Å². The number of carbonyl (C=O) groups is 3. The lowest BCUT2D eigenvalue weighted by Gasteiger charge is -2.09. The number of aryl methyl sites for hydroxylation is 1. The van der Waals surface area contributed by atoms with Crippen LogP contribution in [0.5, 0.6) is 0 Å². The molecule has 7 heteroatoms. The third-order valence-corrected chi connectivity index (χ3v) is 5.06. The molecule has 124 valence electrons. The number of rotatable bonds is 4. The Kier molecular flexibility index (Phi) is 4.61. The Morgan fingerprint density at radius 2 is 1.83 bits per heavy atom. The van der Waals surface area contributed by atoms with E-state index in [2.05, 4.69) is 10.6 Å². The minimum absolute atomic E-state index is 0.0108. The number of amides is 2. The van der Waals surface area contributed by atoms with Crippen molar-refractivity contribution < 1.29 is 19.5 Å². The van der Waals surface area contributed by atoms with Crippen LogP contribution in [0.4, 0.5) is 5.00 Å². The predicted octanol–water partition coefficient (Wildman–Crippen LogP) is 0.855. The second-order valence-corrected chi connectivity index (χ2v) is 6.58. The van der Waals surface area contributed by atoms with E-state index in [0.29, 0.717) is 6.42 Å². The fourth-order valence-corrected chi connectivity index (χ4v) is 4.00. The van der Waals surface area contributed by atoms with Gasteiger partial charge in [-0.05, 0) is 30.4 Å². The van der Waals surface area contributed by atoms with Gasteiger partial charge in [0.2, 0.25) is 0 Å². The quantitative estimate of drug-likeness (QED) is 0.804. The van der Waals surface area contributed by atoms with Gasteiger partial charge in [-0.25, -0.2) is 0 Å². The molecule has 0 saturated carbocycles. The summed E-state index contributed by atoms with van der Waals surface area (Å²) in [6, 6.07) is 9.18. The normalized spacial score (nSPS) is 12.5. The van der Waals surface area contributed by atoms with E-state index >= 15 is 0 Å². The summed E-state index contributed by atoms with van der Waals surface area (Å²) in [6.45, 7) is 0.224. The Morgan fingerprint density at radius 3 is 2.54 bits per heavy atom. The maximum Gasteiger partial charge on any atom is 0.314 e. The molecule has 1 aromatic carbocycles. The van der Waals surface area contributed by atoms with Crippen LogP contribution >= 0.6 is 11.3 Å². The third-order valence-electron chi connectivity index (χ3n) is 3.85. The number of fused-ring (bicyclic) bond motifs is 1. The first-order chi connectivity index (χ1) is 11.6. The van der Waals surface area contributed by atoms with Crippen LogP contribution in [-0.2, 0) is 29.0 Å². The maximum absolute atomic E-state index is 12.0. The van der Waals surface area contributed by atoms with E-state index in [1.165, 1.54) is 11.3 Å². The van der Waals surface area contributed by atoms with Crippen molar-refractivity contribution in [2.45, 2.75) is 25.8 Å². The van der Waals surface area contributed by atoms with Gasteiger partial charge in [0.25, 0.3) is 0 Å². The topological polar surface area (TPSA) is 98.3 Å².